The van der Waals surface area contributed by atoms with Crippen LogP contribution in [-0.4, -0.2) is 40.9 Å². The standard InChI is InChI=1S/C15H29ClN4/c1-7-10-17-14(15(4,8-2)19(5)6)13-12(16)11-18-20(13)9-3/h11,14,17H,7-10H2,1-6H3. The number of nitrogens with zero attached hydrogens (tertiary/aromatic N) is 3. The van der Waals surface area contributed by atoms with E-state index >= 15 is 0 Å². The van der Waals surface area contributed by atoms with Gasteiger partial charge >= 0.3 is 0 Å². The summed E-state index contributed by atoms with van der Waals surface area (Å²) in [6, 6.07) is 0.164. The normalized spacial score (nSPS) is 16.4. The van der Waals surface area contributed by atoms with Gasteiger partial charge in [0.1, 0.15) is 0 Å². The number of rotatable bonds is 8. The van der Waals surface area contributed by atoms with Crippen LogP contribution in [0.25, 0.3) is 0 Å². The van der Waals surface area contributed by atoms with Gasteiger partial charge < -0.3 is 10.2 Å². The Balaban J connectivity index is 3.27. The summed E-state index contributed by atoms with van der Waals surface area (Å²) in [5.74, 6) is 0. The highest BCUT2D eigenvalue weighted by Gasteiger charge is 2.38. The Hall–Kier alpha value is -0.580. The average molecular weight is 301 g/mol. The van der Waals surface area contributed by atoms with Crippen LogP contribution in [0.4, 0.5) is 0 Å². The van der Waals surface area contributed by atoms with Crippen LogP contribution in [0.3, 0.4) is 0 Å². The molecule has 0 aromatic carbocycles. The summed E-state index contributed by atoms with van der Waals surface area (Å²) in [5, 5.41) is 8.82. The third kappa shape index (κ3) is 3.35. The second-order valence-corrected chi connectivity index (χ2v) is 6.09. The van der Waals surface area contributed by atoms with Crippen molar-refractivity contribution in [2.24, 2.45) is 0 Å². The summed E-state index contributed by atoms with van der Waals surface area (Å²) in [6.07, 6.45) is 3.89. The molecule has 1 rings (SSSR count). The van der Waals surface area contributed by atoms with Gasteiger partial charge in [-0.15, -0.1) is 0 Å². The number of hydrogen-bond donors (Lipinski definition) is 1. The Morgan fingerprint density at radius 1 is 1.40 bits per heavy atom. The maximum absolute atomic E-state index is 6.42. The van der Waals surface area contributed by atoms with Crippen molar-refractivity contribution >= 4 is 11.6 Å². The molecule has 4 nitrogen and oxygen atoms in total. The van der Waals surface area contributed by atoms with Crippen molar-refractivity contribution in [1.82, 2.24) is 20.0 Å². The lowest BCUT2D eigenvalue weighted by atomic mass is 9.85. The summed E-state index contributed by atoms with van der Waals surface area (Å²) in [4.78, 5) is 2.28. The summed E-state index contributed by atoms with van der Waals surface area (Å²) in [6.45, 7) is 10.6. The van der Waals surface area contributed by atoms with E-state index in [0.29, 0.717) is 0 Å². The van der Waals surface area contributed by atoms with Gasteiger partial charge in [0.15, 0.2) is 0 Å². The fraction of sp³-hybridized carbons (Fsp3) is 0.800. The molecule has 20 heavy (non-hydrogen) atoms. The predicted octanol–water partition coefficient (Wildman–Crippen LogP) is 3.33. The van der Waals surface area contributed by atoms with Gasteiger partial charge in [0.2, 0.25) is 0 Å². The van der Waals surface area contributed by atoms with Gasteiger partial charge in [-0.25, -0.2) is 0 Å². The zero-order chi connectivity index (χ0) is 15.3. The zero-order valence-electron chi connectivity index (χ0n) is 13.7. The van der Waals surface area contributed by atoms with Crippen LogP contribution >= 0.6 is 11.6 Å². The lowest BCUT2D eigenvalue weighted by Crippen LogP contribution is -2.52. The Morgan fingerprint density at radius 3 is 2.50 bits per heavy atom. The fourth-order valence-corrected chi connectivity index (χ4v) is 2.84. The summed E-state index contributed by atoms with van der Waals surface area (Å²) >= 11 is 6.42. The Morgan fingerprint density at radius 2 is 2.05 bits per heavy atom. The van der Waals surface area contributed by atoms with Crippen molar-refractivity contribution in [3.05, 3.63) is 16.9 Å². The lowest BCUT2D eigenvalue weighted by Gasteiger charge is -2.43. The number of halogens is 1. The second-order valence-electron chi connectivity index (χ2n) is 5.69. The fourth-order valence-electron chi connectivity index (χ4n) is 2.59. The Bertz CT molecular complexity index is 416. The van der Waals surface area contributed by atoms with Gasteiger partial charge in [-0.1, -0.05) is 25.4 Å². The third-order valence-corrected chi connectivity index (χ3v) is 4.66. The SMILES string of the molecule is CCCNC(c1c(Cl)cnn1CC)C(C)(CC)N(C)C. The first-order valence-corrected chi connectivity index (χ1v) is 7.92. The monoisotopic (exact) mass is 300 g/mol. The number of hydrogen-bond acceptors (Lipinski definition) is 3. The Kier molecular flexibility index (Phi) is 6.49. The van der Waals surface area contributed by atoms with Crippen molar-refractivity contribution in [2.75, 3.05) is 20.6 Å². The molecule has 1 aromatic rings. The minimum atomic E-state index is -0.00817. The van der Waals surface area contributed by atoms with E-state index in [-0.39, 0.29) is 11.6 Å². The van der Waals surface area contributed by atoms with Crippen molar-refractivity contribution in [1.29, 1.82) is 0 Å². The second kappa shape index (κ2) is 7.43. The molecule has 2 atom stereocenters. The summed E-state index contributed by atoms with van der Waals surface area (Å²) in [5.41, 5.74) is 1.09. The van der Waals surface area contributed by atoms with Gasteiger partial charge in [-0.2, -0.15) is 5.10 Å². The lowest BCUT2D eigenvalue weighted by molar-refractivity contribution is 0.108. The minimum absolute atomic E-state index is 0.00817. The smallest absolute Gasteiger partial charge is 0.0834 e. The van der Waals surface area contributed by atoms with E-state index in [4.69, 9.17) is 11.6 Å². The Labute approximate surface area is 128 Å². The maximum atomic E-state index is 6.42. The van der Waals surface area contributed by atoms with Gasteiger partial charge in [0.25, 0.3) is 0 Å². The number of likely N-dealkylation sites (N-methyl/N-ethyl adjacent to an activating group) is 1. The van der Waals surface area contributed by atoms with Crippen LogP contribution in [0.1, 0.15) is 52.3 Å². The first-order chi connectivity index (χ1) is 9.42. The molecule has 0 radical (unpaired) electrons. The van der Waals surface area contributed by atoms with Crippen LogP contribution in [0.2, 0.25) is 5.02 Å². The molecule has 2 unspecified atom stereocenters. The van der Waals surface area contributed by atoms with Gasteiger partial charge in [-0.3, -0.25) is 4.68 Å². The molecule has 0 aliphatic rings. The first-order valence-electron chi connectivity index (χ1n) is 7.54. The number of nitrogens with one attached hydrogen (secondary N) is 1. The molecule has 1 heterocycles. The van der Waals surface area contributed by atoms with E-state index in [9.17, 15) is 0 Å². The van der Waals surface area contributed by atoms with E-state index in [2.05, 4.69) is 57.1 Å². The van der Waals surface area contributed by atoms with E-state index in [1.165, 1.54) is 0 Å². The highest BCUT2D eigenvalue weighted by molar-refractivity contribution is 6.31. The van der Waals surface area contributed by atoms with E-state index in [1.807, 2.05) is 4.68 Å². The quantitative estimate of drug-likeness (QED) is 0.799. The molecule has 0 aliphatic carbocycles. The molecule has 0 amide bonds. The highest BCUT2D eigenvalue weighted by Crippen LogP contribution is 2.36. The molecular weight excluding hydrogens is 272 g/mol. The van der Waals surface area contributed by atoms with Gasteiger partial charge in [0.05, 0.1) is 23.0 Å². The van der Waals surface area contributed by atoms with Gasteiger partial charge in [-0.05, 0) is 47.3 Å². The summed E-state index contributed by atoms with van der Waals surface area (Å²) in [7, 11) is 4.26. The van der Waals surface area contributed by atoms with Gasteiger partial charge in [0, 0.05) is 12.1 Å². The number of aryl methyl sites for hydroxylation is 1. The molecule has 5 heteroatoms. The van der Waals surface area contributed by atoms with Crippen LogP contribution in [0, 0.1) is 0 Å². The molecule has 1 N–H and O–H groups in total. The average Bonchev–Trinajstić information content (AvgIpc) is 2.80. The molecule has 0 bridgehead atoms. The van der Waals surface area contributed by atoms with E-state index < -0.39 is 0 Å². The predicted molar refractivity (Wildman–Crippen MR) is 86.3 cm³/mol. The van der Waals surface area contributed by atoms with Crippen LogP contribution in [0.5, 0.6) is 0 Å². The van der Waals surface area contributed by atoms with E-state index in [0.717, 1.165) is 36.6 Å². The van der Waals surface area contributed by atoms with Crippen molar-refractivity contribution in [3.63, 3.8) is 0 Å². The van der Waals surface area contributed by atoms with Crippen LogP contribution in [-0.2, 0) is 6.54 Å². The van der Waals surface area contributed by atoms with E-state index in [1.54, 1.807) is 6.20 Å². The first kappa shape index (κ1) is 17.5. The molecule has 0 aliphatic heterocycles. The topological polar surface area (TPSA) is 33.1 Å². The molecule has 0 fully saturated rings. The molecule has 0 saturated carbocycles. The van der Waals surface area contributed by atoms with Crippen molar-refractivity contribution in [3.8, 4) is 0 Å². The van der Waals surface area contributed by atoms with Crippen molar-refractivity contribution in [2.45, 2.75) is 58.7 Å². The number of aromatic nitrogens is 2. The van der Waals surface area contributed by atoms with Crippen LogP contribution < -0.4 is 5.32 Å². The minimum Gasteiger partial charge on any atom is -0.307 e. The molecule has 0 saturated heterocycles. The third-order valence-electron chi connectivity index (χ3n) is 4.36. The van der Waals surface area contributed by atoms with Crippen LogP contribution in [0.15, 0.2) is 6.20 Å². The van der Waals surface area contributed by atoms with Crippen molar-refractivity contribution < 1.29 is 0 Å². The molecule has 116 valence electrons. The maximum Gasteiger partial charge on any atom is 0.0834 e. The molecule has 0 spiro atoms. The molecule has 1 aromatic heterocycles. The molecular formula is C15H29ClN4. The zero-order valence-corrected chi connectivity index (χ0v) is 14.5. The largest absolute Gasteiger partial charge is 0.307 e. The summed E-state index contributed by atoms with van der Waals surface area (Å²) < 4.78 is 2.01. The highest BCUT2D eigenvalue weighted by atomic mass is 35.5.